The maximum absolute atomic E-state index is 8.94. The Balaban J connectivity index is 1.71. The van der Waals surface area contributed by atoms with Crippen molar-refractivity contribution >= 4 is 16.5 Å². The third kappa shape index (κ3) is 2.72. The van der Waals surface area contributed by atoms with Gasteiger partial charge in [0.1, 0.15) is 5.75 Å². The summed E-state index contributed by atoms with van der Waals surface area (Å²) in [7, 11) is 0. The summed E-state index contributed by atoms with van der Waals surface area (Å²) < 4.78 is 5.88. The van der Waals surface area contributed by atoms with Crippen molar-refractivity contribution in [2.75, 3.05) is 18.1 Å². The molecule has 0 bridgehead atoms. The SMILES string of the molecule is OCCCOc1ccc2c3c(cccc13)CN(c1ccccc1)C2. The van der Waals surface area contributed by atoms with Gasteiger partial charge in [-0.3, -0.25) is 0 Å². The summed E-state index contributed by atoms with van der Waals surface area (Å²) in [5.74, 6) is 0.914. The van der Waals surface area contributed by atoms with E-state index in [1.165, 1.54) is 27.6 Å². The van der Waals surface area contributed by atoms with Crippen LogP contribution in [0.15, 0.2) is 60.7 Å². The summed E-state index contributed by atoms with van der Waals surface area (Å²) in [5, 5.41) is 11.4. The molecule has 0 unspecified atom stereocenters. The molecule has 3 heteroatoms. The summed E-state index contributed by atoms with van der Waals surface area (Å²) in [4.78, 5) is 2.41. The van der Waals surface area contributed by atoms with Crippen molar-refractivity contribution in [1.82, 2.24) is 0 Å². The average Bonchev–Trinajstić information content (AvgIpc) is 2.64. The van der Waals surface area contributed by atoms with Gasteiger partial charge in [0, 0.05) is 37.2 Å². The van der Waals surface area contributed by atoms with Gasteiger partial charge in [-0.15, -0.1) is 0 Å². The summed E-state index contributed by atoms with van der Waals surface area (Å²) in [6, 6.07) is 21.2. The van der Waals surface area contributed by atoms with Crippen molar-refractivity contribution < 1.29 is 9.84 Å². The van der Waals surface area contributed by atoms with Crippen LogP contribution in [0, 0.1) is 0 Å². The molecule has 24 heavy (non-hydrogen) atoms. The monoisotopic (exact) mass is 319 g/mol. The van der Waals surface area contributed by atoms with Crippen molar-refractivity contribution in [2.24, 2.45) is 0 Å². The standard InChI is InChI=1S/C21H21NO2/c23-12-5-13-24-20-11-10-17-15-22(18-7-2-1-3-8-18)14-16-6-4-9-19(20)21(16)17/h1-4,6-11,23H,5,12-15H2. The van der Waals surface area contributed by atoms with E-state index < -0.39 is 0 Å². The molecule has 1 N–H and O–H groups in total. The third-order valence-electron chi connectivity index (χ3n) is 4.58. The molecule has 4 rings (SSSR count). The van der Waals surface area contributed by atoms with E-state index in [9.17, 15) is 0 Å². The molecule has 122 valence electrons. The zero-order chi connectivity index (χ0) is 16.4. The van der Waals surface area contributed by atoms with E-state index in [2.05, 4.69) is 65.6 Å². The number of aliphatic hydroxyl groups excluding tert-OH is 1. The number of nitrogens with zero attached hydrogens (tertiary/aromatic N) is 1. The van der Waals surface area contributed by atoms with Crippen LogP contribution in [0.3, 0.4) is 0 Å². The van der Waals surface area contributed by atoms with E-state index in [1.807, 2.05) is 0 Å². The zero-order valence-electron chi connectivity index (χ0n) is 13.6. The number of rotatable bonds is 5. The van der Waals surface area contributed by atoms with Crippen LogP contribution >= 0.6 is 0 Å². The highest BCUT2D eigenvalue weighted by Gasteiger charge is 2.20. The van der Waals surface area contributed by atoms with Gasteiger partial charge in [0.2, 0.25) is 0 Å². The molecule has 0 atom stereocenters. The van der Waals surface area contributed by atoms with Crippen LogP contribution in [-0.2, 0) is 13.1 Å². The van der Waals surface area contributed by atoms with Crippen molar-refractivity contribution in [3.05, 3.63) is 71.8 Å². The topological polar surface area (TPSA) is 32.7 Å². The lowest BCUT2D eigenvalue weighted by Gasteiger charge is -2.31. The van der Waals surface area contributed by atoms with Crippen LogP contribution in [0.4, 0.5) is 5.69 Å². The van der Waals surface area contributed by atoms with Gasteiger partial charge < -0.3 is 14.7 Å². The van der Waals surface area contributed by atoms with E-state index in [1.54, 1.807) is 0 Å². The molecule has 0 radical (unpaired) electrons. The van der Waals surface area contributed by atoms with E-state index in [-0.39, 0.29) is 6.61 Å². The molecule has 0 amide bonds. The van der Waals surface area contributed by atoms with E-state index in [4.69, 9.17) is 9.84 Å². The first kappa shape index (κ1) is 15.0. The molecule has 0 aromatic heterocycles. The average molecular weight is 319 g/mol. The van der Waals surface area contributed by atoms with Crippen LogP contribution in [0.25, 0.3) is 10.8 Å². The summed E-state index contributed by atoms with van der Waals surface area (Å²) in [6.45, 7) is 2.53. The smallest absolute Gasteiger partial charge is 0.127 e. The molecule has 0 spiro atoms. The lowest BCUT2D eigenvalue weighted by molar-refractivity contribution is 0.235. The van der Waals surface area contributed by atoms with E-state index in [0.717, 1.165) is 18.8 Å². The number of aliphatic hydroxyl groups is 1. The van der Waals surface area contributed by atoms with Crippen LogP contribution in [0.5, 0.6) is 5.75 Å². The quantitative estimate of drug-likeness (QED) is 0.718. The van der Waals surface area contributed by atoms with Crippen LogP contribution in [-0.4, -0.2) is 18.3 Å². The first-order chi connectivity index (χ1) is 11.9. The van der Waals surface area contributed by atoms with E-state index >= 15 is 0 Å². The third-order valence-corrected chi connectivity index (χ3v) is 4.58. The fourth-order valence-electron chi connectivity index (χ4n) is 3.46. The van der Waals surface area contributed by atoms with Gasteiger partial charge in [0.15, 0.2) is 0 Å². The molecule has 0 fully saturated rings. The number of ether oxygens (including phenoxy) is 1. The van der Waals surface area contributed by atoms with Gasteiger partial charge >= 0.3 is 0 Å². The molecule has 0 saturated carbocycles. The zero-order valence-corrected chi connectivity index (χ0v) is 13.6. The normalized spacial score (nSPS) is 13.3. The highest BCUT2D eigenvalue weighted by Crippen LogP contribution is 2.36. The molecule has 0 aliphatic carbocycles. The lowest BCUT2D eigenvalue weighted by atomic mass is 9.94. The second-order valence-corrected chi connectivity index (χ2v) is 6.18. The molecule has 3 nitrogen and oxygen atoms in total. The predicted octanol–water partition coefficient (Wildman–Crippen LogP) is 4.12. The first-order valence-corrected chi connectivity index (χ1v) is 8.44. The highest BCUT2D eigenvalue weighted by atomic mass is 16.5. The van der Waals surface area contributed by atoms with Gasteiger partial charge in [0.05, 0.1) is 6.61 Å². The minimum absolute atomic E-state index is 0.160. The number of hydrogen-bond donors (Lipinski definition) is 1. The molecule has 1 heterocycles. The molecular formula is C21H21NO2. The molecule has 1 aliphatic rings. The Morgan fingerprint density at radius 1 is 0.875 bits per heavy atom. The Hall–Kier alpha value is -2.52. The van der Waals surface area contributed by atoms with Gasteiger partial charge in [-0.1, -0.05) is 42.5 Å². The summed E-state index contributed by atoms with van der Waals surface area (Å²) in [5.41, 5.74) is 3.93. The number of hydrogen-bond acceptors (Lipinski definition) is 3. The highest BCUT2D eigenvalue weighted by molar-refractivity contribution is 5.94. The Morgan fingerprint density at radius 2 is 1.67 bits per heavy atom. The minimum Gasteiger partial charge on any atom is -0.493 e. The first-order valence-electron chi connectivity index (χ1n) is 8.44. The Morgan fingerprint density at radius 3 is 2.46 bits per heavy atom. The van der Waals surface area contributed by atoms with Crippen LogP contribution < -0.4 is 9.64 Å². The molecular weight excluding hydrogens is 298 g/mol. The maximum atomic E-state index is 8.94. The largest absolute Gasteiger partial charge is 0.493 e. The maximum Gasteiger partial charge on any atom is 0.127 e. The molecule has 1 aliphatic heterocycles. The molecule has 3 aromatic rings. The van der Waals surface area contributed by atoms with Gasteiger partial charge in [-0.2, -0.15) is 0 Å². The second-order valence-electron chi connectivity index (χ2n) is 6.18. The second kappa shape index (κ2) is 6.54. The van der Waals surface area contributed by atoms with Gasteiger partial charge in [-0.25, -0.2) is 0 Å². The van der Waals surface area contributed by atoms with Crippen LogP contribution in [0.1, 0.15) is 17.5 Å². The van der Waals surface area contributed by atoms with Crippen molar-refractivity contribution in [1.29, 1.82) is 0 Å². The van der Waals surface area contributed by atoms with E-state index in [0.29, 0.717) is 13.0 Å². The van der Waals surface area contributed by atoms with Gasteiger partial charge in [0.25, 0.3) is 0 Å². The molecule has 0 saturated heterocycles. The predicted molar refractivity (Wildman–Crippen MR) is 97.5 cm³/mol. The summed E-state index contributed by atoms with van der Waals surface area (Å²) >= 11 is 0. The number of benzene rings is 3. The Bertz CT molecular complexity index is 833. The fraction of sp³-hybridized carbons (Fsp3) is 0.238. The van der Waals surface area contributed by atoms with Crippen molar-refractivity contribution in [3.8, 4) is 5.75 Å². The van der Waals surface area contributed by atoms with Crippen molar-refractivity contribution in [3.63, 3.8) is 0 Å². The fourth-order valence-corrected chi connectivity index (χ4v) is 3.46. The van der Waals surface area contributed by atoms with Crippen LogP contribution in [0.2, 0.25) is 0 Å². The van der Waals surface area contributed by atoms with Gasteiger partial charge in [-0.05, 0) is 34.7 Å². The summed E-state index contributed by atoms with van der Waals surface area (Å²) in [6.07, 6.45) is 0.657. The number of anilines is 1. The lowest BCUT2D eigenvalue weighted by Crippen LogP contribution is -2.26. The Labute approximate surface area is 142 Å². The Kier molecular flexibility index (Phi) is 4.09. The number of para-hydroxylation sites is 1. The van der Waals surface area contributed by atoms with Crippen molar-refractivity contribution in [2.45, 2.75) is 19.5 Å². The minimum atomic E-state index is 0.160. The molecule has 3 aromatic carbocycles.